The van der Waals surface area contributed by atoms with E-state index in [-0.39, 0.29) is 10.9 Å². The van der Waals surface area contributed by atoms with Gasteiger partial charge in [0.2, 0.25) is 15.0 Å². The Labute approximate surface area is 154 Å². The molecule has 0 bridgehead atoms. The Morgan fingerprint density at radius 2 is 1.89 bits per heavy atom. The molecule has 3 rings (SSSR count). The summed E-state index contributed by atoms with van der Waals surface area (Å²) in [5, 5.41) is -0.0401. The summed E-state index contributed by atoms with van der Waals surface area (Å²) in [5.41, 5.74) is 2.52. The zero-order valence-electron chi connectivity index (χ0n) is 14.6. The van der Waals surface area contributed by atoms with E-state index in [1.165, 1.54) is 0 Å². The minimum absolute atomic E-state index is 0.0401. The molecule has 27 heavy (non-hydrogen) atoms. The zero-order chi connectivity index (χ0) is 20.0. The second-order valence-electron chi connectivity index (χ2n) is 5.36. The van der Waals surface area contributed by atoms with Crippen molar-refractivity contribution in [1.29, 1.82) is 0 Å². The van der Waals surface area contributed by atoms with Gasteiger partial charge in [-0.25, -0.2) is 18.2 Å². The Morgan fingerprint density at radius 3 is 2.52 bits per heavy atom. The molecule has 0 radical (unpaired) electrons. The number of hydrogen-bond donors (Lipinski definition) is 1. The second kappa shape index (κ2) is 8.67. The molecule has 2 heterocycles. The number of aromatic amines is 1. The number of para-hydroxylation sites is 2. The van der Waals surface area contributed by atoms with Crippen molar-refractivity contribution in [2.45, 2.75) is 24.8 Å². The quantitative estimate of drug-likeness (QED) is 0.659. The number of nitrogens with one attached hydrogen (secondary N) is 1. The molecular weight excluding hydrogens is 380 g/mol. The maximum absolute atomic E-state index is 12.6. The lowest BCUT2D eigenvalue weighted by Crippen LogP contribution is -2.10. The van der Waals surface area contributed by atoms with Crippen LogP contribution in [0.3, 0.4) is 0 Å². The number of H-pyrrole nitrogens is 1. The molecule has 7 nitrogen and oxygen atoms in total. The number of carbonyl (C=O) groups excluding carboxylic acids is 1. The van der Waals surface area contributed by atoms with Gasteiger partial charge in [-0.05, 0) is 32.0 Å². The molecule has 0 saturated heterocycles. The summed E-state index contributed by atoms with van der Waals surface area (Å²) in [6.07, 6.45) is -1.28. The number of aromatic nitrogens is 3. The number of halogens is 2. The number of imidazole rings is 1. The van der Waals surface area contributed by atoms with Gasteiger partial charge in [-0.3, -0.25) is 4.98 Å². The maximum atomic E-state index is 12.6. The van der Waals surface area contributed by atoms with Crippen molar-refractivity contribution < 1.29 is 26.7 Å². The van der Waals surface area contributed by atoms with Crippen molar-refractivity contribution in [1.82, 2.24) is 15.0 Å². The summed E-state index contributed by atoms with van der Waals surface area (Å²) in [6.45, 7) is 4.20. The Morgan fingerprint density at radius 1 is 1.22 bits per heavy atom. The molecule has 0 aliphatic heterocycles. The molecule has 2 aromatic heterocycles. The van der Waals surface area contributed by atoms with Gasteiger partial charge in [-0.15, -0.1) is 8.78 Å². The summed E-state index contributed by atoms with van der Waals surface area (Å²) in [7, 11) is -3.61. The molecular formula is C17H17F2N3O4S. The number of ether oxygens (including phenoxy) is 1. The largest absolute Gasteiger partial charge is 0.493 e. The van der Waals surface area contributed by atoms with Crippen molar-refractivity contribution in [3.63, 3.8) is 0 Å². The van der Waals surface area contributed by atoms with Crippen molar-refractivity contribution in [3.05, 3.63) is 47.8 Å². The average molecular weight is 397 g/mol. The van der Waals surface area contributed by atoms with Gasteiger partial charge in [0.05, 0.1) is 23.3 Å². The van der Waals surface area contributed by atoms with E-state index in [1.807, 2.05) is 26.0 Å². The highest BCUT2D eigenvalue weighted by molar-refractivity contribution is 7.90. The Bertz CT molecular complexity index is 1010. The molecule has 0 unspecified atom stereocenters. The third-order valence-corrected chi connectivity index (χ3v) is 4.98. The Hall–Kier alpha value is -2.88. The first-order chi connectivity index (χ1) is 12.7. The van der Waals surface area contributed by atoms with Crippen LogP contribution in [0.1, 0.15) is 18.2 Å². The van der Waals surface area contributed by atoms with Crippen LogP contribution in [0.15, 0.2) is 41.7 Å². The molecule has 0 aliphatic rings. The number of fused-ring (bicyclic) bond motifs is 1. The fraction of sp³-hybridized carbons (Fsp3) is 0.235. The van der Waals surface area contributed by atoms with Crippen LogP contribution >= 0.6 is 0 Å². The number of pyridine rings is 1. The summed E-state index contributed by atoms with van der Waals surface area (Å²) < 4.78 is 50.1. The lowest BCUT2D eigenvalue weighted by atomic mass is 10.2. The van der Waals surface area contributed by atoms with Crippen LogP contribution < -0.4 is 4.74 Å². The first-order valence-corrected chi connectivity index (χ1v) is 9.49. The molecule has 10 heteroatoms. The first-order valence-electron chi connectivity index (χ1n) is 7.84. The van der Waals surface area contributed by atoms with E-state index in [0.29, 0.717) is 29.1 Å². The van der Waals surface area contributed by atoms with Crippen LogP contribution in [0.4, 0.5) is 13.6 Å². The lowest BCUT2D eigenvalue weighted by Gasteiger charge is -2.10. The molecule has 3 aromatic rings. The van der Waals surface area contributed by atoms with Gasteiger partial charge in [0.15, 0.2) is 0 Å². The normalized spacial score (nSPS) is 11.0. The third kappa shape index (κ3) is 5.30. The number of nitrogens with zero attached hydrogens (tertiary/aromatic N) is 2. The van der Waals surface area contributed by atoms with Gasteiger partial charge in [0, 0.05) is 11.8 Å². The van der Waals surface area contributed by atoms with Crippen molar-refractivity contribution in [2.24, 2.45) is 0 Å². The average Bonchev–Trinajstić information content (AvgIpc) is 3.03. The van der Waals surface area contributed by atoms with Gasteiger partial charge in [-0.1, -0.05) is 12.1 Å². The van der Waals surface area contributed by atoms with E-state index in [2.05, 4.69) is 15.0 Å². The lowest BCUT2D eigenvalue weighted by molar-refractivity contribution is 0.199. The first kappa shape index (κ1) is 20.4. The number of carbonyl (C=O) groups is 1. The van der Waals surface area contributed by atoms with Crippen LogP contribution in [-0.2, 0) is 15.6 Å². The van der Waals surface area contributed by atoms with Crippen LogP contribution in [0.2, 0.25) is 0 Å². The topological polar surface area (TPSA) is 102 Å². The number of hydrogen-bond acceptors (Lipinski definition) is 6. The molecule has 0 saturated carbocycles. The fourth-order valence-electron chi connectivity index (χ4n) is 2.34. The molecule has 0 fully saturated rings. The molecule has 0 amide bonds. The van der Waals surface area contributed by atoms with E-state index in [4.69, 9.17) is 9.53 Å². The summed E-state index contributed by atoms with van der Waals surface area (Å²) in [4.78, 5) is 19.3. The third-order valence-electron chi connectivity index (χ3n) is 3.55. The van der Waals surface area contributed by atoms with E-state index in [1.54, 1.807) is 24.4 Å². The predicted octanol–water partition coefficient (Wildman–Crippen LogP) is 3.68. The number of benzene rings is 1. The van der Waals surface area contributed by atoms with E-state index in [9.17, 15) is 17.2 Å². The van der Waals surface area contributed by atoms with Crippen molar-refractivity contribution >= 4 is 27.2 Å². The molecule has 1 N–H and O–H groups in total. The minimum Gasteiger partial charge on any atom is -0.493 e. The SMILES string of the molecule is CCOc1ccnc(CS(=O)(=O)c2nc3ccccc3[nH]2)c1C.O=C(F)F. The van der Waals surface area contributed by atoms with Crippen LogP contribution in [0, 0.1) is 6.92 Å². The van der Waals surface area contributed by atoms with Crippen LogP contribution in [0.25, 0.3) is 11.0 Å². The maximum Gasteiger partial charge on any atom is 0.483 e. The highest BCUT2D eigenvalue weighted by Gasteiger charge is 2.22. The molecule has 0 aliphatic carbocycles. The monoisotopic (exact) mass is 397 g/mol. The molecule has 144 valence electrons. The number of sulfone groups is 1. The summed E-state index contributed by atoms with van der Waals surface area (Å²) >= 11 is 0. The highest BCUT2D eigenvalue weighted by Crippen LogP contribution is 2.23. The second-order valence-corrected chi connectivity index (χ2v) is 7.26. The Balaban J connectivity index is 0.000000596. The smallest absolute Gasteiger partial charge is 0.483 e. The standard InChI is InChI=1S/C16H17N3O3S.CF2O/c1-3-22-15-8-9-17-14(11(15)2)10-23(20,21)16-18-12-6-4-5-7-13(12)19-16;2-1(3)4/h4-9H,3,10H2,1-2H3,(H,18,19);. The van der Waals surface area contributed by atoms with Gasteiger partial charge < -0.3 is 9.72 Å². The fourth-order valence-corrected chi connectivity index (χ4v) is 3.63. The van der Waals surface area contributed by atoms with Gasteiger partial charge in [0.1, 0.15) is 11.5 Å². The van der Waals surface area contributed by atoms with E-state index in [0.717, 1.165) is 5.56 Å². The number of rotatable bonds is 5. The van der Waals surface area contributed by atoms with Crippen LogP contribution in [-0.4, -0.2) is 36.3 Å². The predicted molar refractivity (Wildman–Crippen MR) is 94.7 cm³/mol. The van der Waals surface area contributed by atoms with E-state index >= 15 is 0 Å². The molecule has 1 aromatic carbocycles. The zero-order valence-corrected chi connectivity index (χ0v) is 15.4. The van der Waals surface area contributed by atoms with Gasteiger partial charge >= 0.3 is 6.29 Å². The molecule has 0 spiro atoms. The van der Waals surface area contributed by atoms with Gasteiger partial charge in [-0.2, -0.15) is 0 Å². The minimum atomic E-state index is -3.61. The van der Waals surface area contributed by atoms with Gasteiger partial charge in [0.25, 0.3) is 0 Å². The molecule has 0 atom stereocenters. The summed E-state index contributed by atoms with van der Waals surface area (Å²) in [6, 6.07) is 8.94. The Kier molecular flexibility index (Phi) is 6.56. The highest BCUT2D eigenvalue weighted by atomic mass is 32.2. The van der Waals surface area contributed by atoms with E-state index < -0.39 is 16.1 Å². The van der Waals surface area contributed by atoms with Crippen molar-refractivity contribution in [2.75, 3.05) is 6.61 Å². The van der Waals surface area contributed by atoms with Crippen LogP contribution in [0.5, 0.6) is 5.75 Å². The van der Waals surface area contributed by atoms with Crippen molar-refractivity contribution in [3.8, 4) is 5.75 Å². The summed E-state index contributed by atoms with van der Waals surface area (Å²) in [5.74, 6) is 0.428.